The molecule has 2 saturated carbocycles. The van der Waals surface area contributed by atoms with Gasteiger partial charge in [-0.1, -0.05) is 6.42 Å². The van der Waals surface area contributed by atoms with Gasteiger partial charge in [0.25, 0.3) is 0 Å². The first-order valence-corrected chi connectivity index (χ1v) is 9.88. The first-order valence-electron chi connectivity index (χ1n) is 9.06. The molecule has 1 amide bonds. The van der Waals surface area contributed by atoms with E-state index in [1.165, 1.54) is 6.42 Å². The Hall–Kier alpha value is -1.66. The molecule has 2 fully saturated rings. The van der Waals surface area contributed by atoms with Crippen molar-refractivity contribution in [1.82, 2.24) is 4.98 Å². The summed E-state index contributed by atoms with van der Waals surface area (Å²) in [6.45, 7) is 1.99. The number of ether oxygens (including phenoxy) is 1. The third-order valence-electron chi connectivity index (χ3n) is 5.86. The second-order valence-corrected chi connectivity index (χ2v) is 8.67. The molecule has 1 aromatic carbocycles. The van der Waals surface area contributed by atoms with Gasteiger partial charge in [-0.05, 0) is 50.5 Å². The average molecular weight is 359 g/mol. The van der Waals surface area contributed by atoms with Gasteiger partial charge < -0.3 is 15.8 Å². The van der Waals surface area contributed by atoms with Crippen molar-refractivity contribution in [2.24, 2.45) is 23.5 Å². The Balaban J connectivity index is 1.55. The summed E-state index contributed by atoms with van der Waals surface area (Å²) in [5.74, 6) is 1.81. The minimum absolute atomic E-state index is 0.0544. The van der Waals surface area contributed by atoms with Crippen LogP contribution in [0.4, 0.5) is 5.69 Å². The van der Waals surface area contributed by atoms with E-state index in [0.29, 0.717) is 17.6 Å². The van der Waals surface area contributed by atoms with Crippen molar-refractivity contribution in [3.8, 4) is 5.75 Å². The molecule has 1 heterocycles. The van der Waals surface area contributed by atoms with Crippen molar-refractivity contribution in [3.05, 3.63) is 17.1 Å². The molecule has 2 aromatic rings. The number of fused-ring (bicyclic) bond motifs is 3. The van der Waals surface area contributed by atoms with Crippen LogP contribution in [0.1, 0.15) is 37.1 Å². The van der Waals surface area contributed by atoms with Crippen molar-refractivity contribution >= 4 is 33.1 Å². The maximum atomic E-state index is 12.9. The molecule has 3 N–H and O–H groups in total. The number of aryl methyl sites for hydroxylation is 1. The molecule has 2 atom stereocenters. The van der Waals surface area contributed by atoms with E-state index in [0.717, 1.165) is 46.6 Å². The van der Waals surface area contributed by atoms with E-state index < -0.39 is 0 Å². The minimum Gasteiger partial charge on any atom is -0.494 e. The van der Waals surface area contributed by atoms with Gasteiger partial charge in [-0.25, -0.2) is 4.98 Å². The fourth-order valence-corrected chi connectivity index (χ4v) is 5.42. The Morgan fingerprint density at radius 2 is 2.04 bits per heavy atom. The van der Waals surface area contributed by atoms with E-state index in [9.17, 15) is 4.79 Å². The van der Waals surface area contributed by atoms with Gasteiger partial charge in [0.15, 0.2) is 0 Å². The minimum atomic E-state index is 0.0544. The van der Waals surface area contributed by atoms with Crippen LogP contribution in [0.5, 0.6) is 5.75 Å². The maximum Gasteiger partial charge on any atom is 0.227 e. The van der Waals surface area contributed by atoms with Gasteiger partial charge in [-0.3, -0.25) is 4.79 Å². The zero-order valence-electron chi connectivity index (χ0n) is 14.7. The average Bonchev–Trinajstić information content (AvgIpc) is 2.92. The third kappa shape index (κ3) is 3.13. The Labute approximate surface area is 152 Å². The quantitative estimate of drug-likeness (QED) is 0.876. The molecule has 25 heavy (non-hydrogen) atoms. The summed E-state index contributed by atoms with van der Waals surface area (Å²) in [7, 11) is 1.63. The lowest BCUT2D eigenvalue weighted by Crippen LogP contribution is -2.48. The van der Waals surface area contributed by atoms with Crippen LogP contribution in [-0.4, -0.2) is 24.0 Å². The van der Waals surface area contributed by atoms with Gasteiger partial charge in [0.1, 0.15) is 5.75 Å². The lowest BCUT2D eigenvalue weighted by molar-refractivity contribution is -0.122. The Bertz CT molecular complexity index is 789. The Kier molecular flexibility index (Phi) is 4.41. The zero-order valence-corrected chi connectivity index (χ0v) is 15.6. The first kappa shape index (κ1) is 16.8. The highest BCUT2D eigenvalue weighted by Gasteiger charge is 2.40. The summed E-state index contributed by atoms with van der Waals surface area (Å²) < 4.78 is 6.54. The number of hydrogen-bond donors (Lipinski definition) is 2. The predicted molar refractivity (Wildman–Crippen MR) is 101 cm³/mol. The Morgan fingerprint density at radius 3 is 2.72 bits per heavy atom. The van der Waals surface area contributed by atoms with E-state index in [-0.39, 0.29) is 17.9 Å². The lowest BCUT2D eigenvalue weighted by Gasteiger charge is -2.43. The van der Waals surface area contributed by atoms with Crippen molar-refractivity contribution in [2.45, 2.75) is 45.1 Å². The molecule has 6 heteroatoms. The van der Waals surface area contributed by atoms with E-state index in [4.69, 9.17) is 10.5 Å². The molecule has 0 spiro atoms. The third-order valence-corrected chi connectivity index (χ3v) is 6.79. The molecule has 2 bridgehead atoms. The highest BCUT2D eigenvalue weighted by molar-refractivity contribution is 7.18. The summed E-state index contributed by atoms with van der Waals surface area (Å²) in [4.78, 5) is 17.4. The molecule has 2 unspecified atom stereocenters. The van der Waals surface area contributed by atoms with Crippen molar-refractivity contribution in [3.63, 3.8) is 0 Å². The van der Waals surface area contributed by atoms with Crippen LogP contribution >= 0.6 is 11.3 Å². The number of hydrogen-bond acceptors (Lipinski definition) is 5. The van der Waals surface area contributed by atoms with E-state index in [1.54, 1.807) is 18.4 Å². The number of anilines is 1. The number of benzene rings is 1. The van der Waals surface area contributed by atoms with E-state index >= 15 is 0 Å². The summed E-state index contributed by atoms with van der Waals surface area (Å²) in [6.07, 6.45) is 5.40. The number of methoxy groups -OCH3 is 1. The first-order chi connectivity index (χ1) is 12.0. The largest absolute Gasteiger partial charge is 0.494 e. The van der Waals surface area contributed by atoms with Crippen LogP contribution < -0.4 is 15.8 Å². The number of aromatic nitrogens is 1. The summed E-state index contributed by atoms with van der Waals surface area (Å²) in [6, 6.07) is 4.16. The predicted octanol–water partition coefficient (Wildman–Crippen LogP) is 3.71. The highest BCUT2D eigenvalue weighted by Crippen LogP contribution is 2.42. The second-order valence-electron chi connectivity index (χ2n) is 7.44. The molecule has 2 aliphatic rings. The van der Waals surface area contributed by atoms with Crippen molar-refractivity contribution in [1.29, 1.82) is 0 Å². The van der Waals surface area contributed by atoms with Gasteiger partial charge in [0.05, 0.1) is 28.0 Å². The summed E-state index contributed by atoms with van der Waals surface area (Å²) >= 11 is 1.63. The van der Waals surface area contributed by atoms with E-state index in [2.05, 4.69) is 10.3 Å². The van der Waals surface area contributed by atoms with Crippen LogP contribution in [0, 0.1) is 24.7 Å². The fraction of sp³-hybridized carbons (Fsp3) is 0.579. The Morgan fingerprint density at radius 1 is 1.32 bits per heavy atom. The molecular formula is C19H25N3O2S. The van der Waals surface area contributed by atoms with Crippen LogP contribution in [0.3, 0.4) is 0 Å². The van der Waals surface area contributed by atoms with Crippen LogP contribution in [-0.2, 0) is 4.79 Å². The number of nitrogens with two attached hydrogens (primary N) is 1. The SMILES string of the molecule is COc1cc2nc(C)sc2cc1NC(=O)C1CC2CCCC(C1)C2N. The van der Waals surface area contributed by atoms with Crippen LogP contribution in [0.25, 0.3) is 10.2 Å². The number of carbonyl (C=O) groups is 1. The molecule has 0 radical (unpaired) electrons. The number of carbonyl (C=O) groups excluding carboxylic acids is 1. The molecule has 2 aliphatic carbocycles. The number of nitrogens with zero attached hydrogens (tertiary/aromatic N) is 1. The van der Waals surface area contributed by atoms with Crippen molar-refractivity contribution in [2.75, 3.05) is 12.4 Å². The smallest absolute Gasteiger partial charge is 0.227 e. The second kappa shape index (κ2) is 6.57. The van der Waals surface area contributed by atoms with Gasteiger partial charge in [-0.2, -0.15) is 0 Å². The monoisotopic (exact) mass is 359 g/mol. The number of amides is 1. The zero-order chi connectivity index (χ0) is 17.6. The highest BCUT2D eigenvalue weighted by atomic mass is 32.1. The number of rotatable bonds is 3. The summed E-state index contributed by atoms with van der Waals surface area (Å²) in [5.41, 5.74) is 8.00. The van der Waals surface area contributed by atoms with Crippen LogP contribution in [0.2, 0.25) is 0 Å². The number of thiazole rings is 1. The molecule has 1 aromatic heterocycles. The molecule has 4 rings (SSSR count). The topological polar surface area (TPSA) is 77.2 Å². The van der Waals surface area contributed by atoms with Gasteiger partial charge >= 0.3 is 0 Å². The normalized spacial score (nSPS) is 28.8. The van der Waals surface area contributed by atoms with Gasteiger partial charge in [-0.15, -0.1) is 11.3 Å². The molecule has 134 valence electrons. The fourth-order valence-electron chi connectivity index (χ4n) is 4.57. The van der Waals surface area contributed by atoms with E-state index in [1.807, 2.05) is 19.1 Å². The van der Waals surface area contributed by atoms with Gasteiger partial charge in [0.2, 0.25) is 5.91 Å². The standard InChI is InChI=1S/C19H25N3O2S/c1-10-21-15-8-16(24-2)14(9-17(15)25-10)22-19(23)13-6-11-4-3-5-12(7-13)18(11)20/h8-9,11-13,18H,3-7,20H2,1-2H3,(H,22,23). The number of nitrogens with one attached hydrogen (secondary N) is 1. The van der Waals surface area contributed by atoms with Crippen LogP contribution in [0.15, 0.2) is 12.1 Å². The van der Waals surface area contributed by atoms with Crippen molar-refractivity contribution < 1.29 is 9.53 Å². The molecular weight excluding hydrogens is 334 g/mol. The summed E-state index contributed by atoms with van der Waals surface area (Å²) in [5, 5.41) is 4.12. The van der Waals surface area contributed by atoms with Gasteiger partial charge in [0, 0.05) is 18.0 Å². The molecule has 0 saturated heterocycles. The molecule has 0 aliphatic heterocycles. The lowest BCUT2D eigenvalue weighted by atomic mass is 9.65. The molecule has 5 nitrogen and oxygen atoms in total. The maximum absolute atomic E-state index is 12.9.